The van der Waals surface area contributed by atoms with Gasteiger partial charge in [-0.15, -0.1) is 0 Å². The molecule has 0 aliphatic carbocycles. The van der Waals surface area contributed by atoms with Crippen molar-refractivity contribution < 1.29 is 9.59 Å². The summed E-state index contributed by atoms with van der Waals surface area (Å²) in [5.74, 6) is -0.672. The molecule has 0 fully saturated rings. The molecule has 0 aliphatic rings. The minimum atomic E-state index is -0.364. The van der Waals surface area contributed by atoms with Gasteiger partial charge >= 0.3 is 0 Å². The Kier molecular flexibility index (Phi) is 8.46. The van der Waals surface area contributed by atoms with Crippen molar-refractivity contribution in [3.05, 3.63) is 34.6 Å². The predicted molar refractivity (Wildman–Crippen MR) is 111 cm³/mol. The number of nitrogens with zero attached hydrogens (tertiary/aromatic N) is 3. The molecule has 2 aromatic rings. The Labute approximate surface area is 168 Å². The third-order valence-electron chi connectivity index (χ3n) is 4.29. The van der Waals surface area contributed by atoms with Gasteiger partial charge in [0.2, 0.25) is 11.8 Å². The molecule has 0 aliphatic heterocycles. The van der Waals surface area contributed by atoms with E-state index < -0.39 is 0 Å². The van der Waals surface area contributed by atoms with E-state index in [0.717, 1.165) is 26.1 Å². The summed E-state index contributed by atoms with van der Waals surface area (Å²) < 4.78 is 1.64. The molecular weight excluding hydrogens is 378 g/mol. The summed E-state index contributed by atoms with van der Waals surface area (Å²) in [6, 6.07) is 7.21. The number of thioether (sulfide) groups is 1. The van der Waals surface area contributed by atoms with Crippen LogP contribution < -0.4 is 16.4 Å². The van der Waals surface area contributed by atoms with Crippen LogP contribution in [-0.2, 0) is 16.1 Å². The minimum absolute atomic E-state index is 0.0428. The van der Waals surface area contributed by atoms with Crippen LogP contribution in [0.2, 0.25) is 0 Å². The van der Waals surface area contributed by atoms with Crippen molar-refractivity contribution in [1.82, 2.24) is 25.3 Å². The first-order valence-electron chi connectivity index (χ1n) is 9.36. The maximum absolute atomic E-state index is 13.0. The van der Waals surface area contributed by atoms with Gasteiger partial charge in [0, 0.05) is 13.5 Å². The number of rotatable bonds is 9. The van der Waals surface area contributed by atoms with Gasteiger partial charge in [-0.2, -0.15) is 0 Å². The quantitative estimate of drug-likeness (QED) is 0.372. The van der Waals surface area contributed by atoms with Crippen molar-refractivity contribution in [2.75, 3.05) is 25.4 Å². The molecule has 28 heavy (non-hydrogen) atoms. The van der Waals surface area contributed by atoms with Crippen molar-refractivity contribution in [2.45, 2.75) is 38.9 Å². The van der Waals surface area contributed by atoms with Crippen LogP contribution in [0.15, 0.2) is 34.2 Å². The summed E-state index contributed by atoms with van der Waals surface area (Å²) >= 11 is 1.18. The molecule has 1 aromatic carbocycles. The molecule has 152 valence electrons. The number of hydrazine groups is 1. The van der Waals surface area contributed by atoms with Crippen LogP contribution in [0, 0.1) is 0 Å². The van der Waals surface area contributed by atoms with Crippen LogP contribution in [0.25, 0.3) is 10.9 Å². The number of carbonyl (C=O) groups excluding carboxylic acids is 2. The summed E-state index contributed by atoms with van der Waals surface area (Å²) in [4.78, 5) is 42.6. The average Bonchev–Trinajstić information content (AvgIpc) is 2.69. The maximum Gasteiger partial charge on any atom is 0.262 e. The highest BCUT2D eigenvalue weighted by Gasteiger charge is 2.13. The molecule has 9 heteroatoms. The number of para-hydroxylation sites is 1. The fourth-order valence-electron chi connectivity index (χ4n) is 2.77. The first kappa shape index (κ1) is 21.9. The van der Waals surface area contributed by atoms with Crippen molar-refractivity contribution in [3.63, 3.8) is 0 Å². The standard InChI is InChI=1S/C19H27N5O3S/c1-4-23(5-2)11-8-12-24-18(27)15-9-6-7-10-16(15)20-19(24)28-13-17(26)22-21-14(3)25/h6-7,9-10H,4-5,8,11-13H2,1-3H3,(H,21,25)(H,22,26). The lowest BCUT2D eigenvalue weighted by atomic mass is 10.2. The fourth-order valence-corrected chi connectivity index (χ4v) is 3.60. The maximum atomic E-state index is 13.0. The minimum Gasteiger partial charge on any atom is -0.304 e. The van der Waals surface area contributed by atoms with E-state index in [0.29, 0.717) is 22.6 Å². The molecule has 1 aromatic heterocycles. The van der Waals surface area contributed by atoms with Gasteiger partial charge < -0.3 is 4.90 Å². The van der Waals surface area contributed by atoms with Crippen LogP contribution in [0.1, 0.15) is 27.2 Å². The second-order valence-electron chi connectivity index (χ2n) is 6.27. The summed E-state index contributed by atoms with van der Waals surface area (Å²) in [7, 11) is 0. The van der Waals surface area contributed by atoms with Crippen molar-refractivity contribution >= 4 is 34.5 Å². The van der Waals surface area contributed by atoms with Gasteiger partial charge in [-0.1, -0.05) is 37.7 Å². The normalized spacial score (nSPS) is 11.0. The zero-order chi connectivity index (χ0) is 20.5. The lowest BCUT2D eigenvalue weighted by Crippen LogP contribution is -2.41. The second-order valence-corrected chi connectivity index (χ2v) is 7.21. The Bertz CT molecular complexity index is 879. The smallest absolute Gasteiger partial charge is 0.262 e. The summed E-state index contributed by atoms with van der Waals surface area (Å²) in [6.07, 6.45) is 0.813. The lowest BCUT2D eigenvalue weighted by molar-refractivity contribution is -0.126. The summed E-state index contributed by atoms with van der Waals surface area (Å²) in [5.41, 5.74) is 5.07. The van der Waals surface area contributed by atoms with E-state index in [1.807, 2.05) is 12.1 Å². The van der Waals surface area contributed by atoms with Gasteiger partial charge in [-0.3, -0.25) is 29.8 Å². The molecule has 0 spiro atoms. The number of benzene rings is 1. The molecule has 0 atom stereocenters. The van der Waals surface area contributed by atoms with Gasteiger partial charge in [-0.05, 0) is 38.2 Å². The number of aromatic nitrogens is 2. The number of hydrogen-bond donors (Lipinski definition) is 2. The van der Waals surface area contributed by atoms with Crippen molar-refractivity contribution in [2.24, 2.45) is 0 Å². The highest BCUT2D eigenvalue weighted by Crippen LogP contribution is 2.18. The first-order chi connectivity index (χ1) is 13.5. The number of carbonyl (C=O) groups is 2. The second kappa shape index (κ2) is 10.8. The van der Waals surface area contributed by atoms with E-state index in [9.17, 15) is 14.4 Å². The molecule has 2 amide bonds. The zero-order valence-electron chi connectivity index (χ0n) is 16.5. The van der Waals surface area contributed by atoms with Crippen LogP contribution in [0.5, 0.6) is 0 Å². The van der Waals surface area contributed by atoms with E-state index in [-0.39, 0.29) is 23.1 Å². The predicted octanol–water partition coefficient (Wildman–Crippen LogP) is 1.39. The van der Waals surface area contributed by atoms with Gasteiger partial charge in [-0.25, -0.2) is 4.98 Å². The first-order valence-corrected chi connectivity index (χ1v) is 10.3. The monoisotopic (exact) mass is 405 g/mol. The Morgan fingerprint density at radius 2 is 1.89 bits per heavy atom. The molecule has 0 saturated carbocycles. The van der Waals surface area contributed by atoms with Gasteiger partial charge in [0.15, 0.2) is 5.16 Å². The molecule has 0 bridgehead atoms. The van der Waals surface area contributed by atoms with Crippen LogP contribution >= 0.6 is 11.8 Å². The highest BCUT2D eigenvalue weighted by molar-refractivity contribution is 7.99. The highest BCUT2D eigenvalue weighted by atomic mass is 32.2. The van der Waals surface area contributed by atoms with Gasteiger partial charge in [0.05, 0.1) is 16.7 Å². The molecular formula is C19H27N5O3S. The van der Waals surface area contributed by atoms with E-state index in [1.165, 1.54) is 18.7 Å². The van der Waals surface area contributed by atoms with Crippen molar-refractivity contribution in [3.8, 4) is 0 Å². The molecule has 8 nitrogen and oxygen atoms in total. The van der Waals surface area contributed by atoms with E-state index in [4.69, 9.17) is 0 Å². The fraction of sp³-hybridized carbons (Fsp3) is 0.474. The van der Waals surface area contributed by atoms with E-state index in [1.54, 1.807) is 16.7 Å². The molecule has 0 radical (unpaired) electrons. The third-order valence-corrected chi connectivity index (χ3v) is 5.26. The van der Waals surface area contributed by atoms with Crippen LogP contribution in [0.3, 0.4) is 0 Å². The lowest BCUT2D eigenvalue weighted by Gasteiger charge is -2.19. The number of hydrogen-bond acceptors (Lipinski definition) is 6. The van der Waals surface area contributed by atoms with E-state index in [2.05, 4.69) is 34.6 Å². The summed E-state index contributed by atoms with van der Waals surface area (Å²) in [6.45, 7) is 8.89. The van der Waals surface area contributed by atoms with E-state index >= 15 is 0 Å². The Morgan fingerprint density at radius 3 is 2.57 bits per heavy atom. The molecule has 0 saturated heterocycles. The Hall–Kier alpha value is -2.39. The molecule has 1 heterocycles. The Morgan fingerprint density at radius 1 is 1.18 bits per heavy atom. The zero-order valence-corrected chi connectivity index (χ0v) is 17.3. The Balaban J connectivity index is 2.20. The van der Waals surface area contributed by atoms with Gasteiger partial charge in [0.1, 0.15) is 0 Å². The van der Waals surface area contributed by atoms with Crippen molar-refractivity contribution in [1.29, 1.82) is 0 Å². The third kappa shape index (κ3) is 6.07. The molecule has 2 N–H and O–H groups in total. The van der Waals surface area contributed by atoms with Gasteiger partial charge in [0.25, 0.3) is 5.56 Å². The SMILES string of the molecule is CCN(CC)CCCn1c(SCC(=O)NNC(C)=O)nc2ccccc2c1=O. The number of amides is 2. The number of fused-ring (bicyclic) bond motifs is 1. The topological polar surface area (TPSA) is 96.3 Å². The average molecular weight is 406 g/mol. The van der Waals surface area contributed by atoms with Crippen LogP contribution in [0.4, 0.5) is 0 Å². The van der Waals surface area contributed by atoms with Crippen LogP contribution in [-0.4, -0.2) is 51.7 Å². The molecule has 0 unspecified atom stereocenters. The number of nitrogens with one attached hydrogen (secondary N) is 2. The largest absolute Gasteiger partial charge is 0.304 e. The molecule has 2 rings (SSSR count). The summed E-state index contributed by atoms with van der Waals surface area (Å²) in [5, 5.41) is 1.07.